The SMILES string of the molecule is Cc1nn(C)cc1-c1ccc(N[C@H]2C[C@@H]3CN(C(=O)O)C[C@@H]3C2)c(F)c1F. The lowest BCUT2D eigenvalue weighted by molar-refractivity contribution is 0.152. The summed E-state index contributed by atoms with van der Waals surface area (Å²) in [4.78, 5) is 12.5. The molecule has 8 heteroatoms. The van der Waals surface area contributed by atoms with Crippen molar-refractivity contribution >= 4 is 11.8 Å². The molecule has 2 fully saturated rings. The summed E-state index contributed by atoms with van der Waals surface area (Å²) in [5.74, 6) is -1.21. The average Bonchev–Trinajstić information content (AvgIpc) is 3.25. The van der Waals surface area contributed by atoms with Crippen LogP contribution < -0.4 is 5.32 Å². The molecule has 2 aliphatic rings. The molecule has 0 unspecified atom stereocenters. The van der Waals surface area contributed by atoms with Gasteiger partial charge in [0.05, 0.1) is 11.4 Å². The summed E-state index contributed by atoms with van der Waals surface area (Å²) in [6.45, 7) is 2.80. The third-order valence-corrected chi connectivity index (χ3v) is 5.77. The first kappa shape index (κ1) is 17.8. The van der Waals surface area contributed by atoms with Crippen molar-refractivity contribution in [3.63, 3.8) is 0 Å². The Bertz CT molecular complexity index is 884. The van der Waals surface area contributed by atoms with Gasteiger partial charge < -0.3 is 15.3 Å². The predicted octanol–water partition coefficient (Wildman–Crippen LogP) is 3.47. The van der Waals surface area contributed by atoms with E-state index in [1.807, 2.05) is 0 Å². The van der Waals surface area contributed by atoms with Gasteiger partial charge in [0, 0.05) is 43.5 Å². The summed E-state index contributed by atoms with van der Waals surface area (Å²) in [5.41, 5.74) is 1.56. The van der Waals surface area contributed by atoms with Crippen LogP contribution in [-0.4, -0.2) is 45.0 Å². The third-order valence-electron chi connectivity index (χ3n) is 5.77. The van der Waals surface area contributed by atoms with E-state index in [0.717, 1.165) is 12.8 Å². The third kappa shape index (κ3) is 3.13. The van der Waals surface area contributed by atoms with E-state index < -0.39 is 17.7 Å². The fourth-order valence-electron chi connectivity index (χ4n) is 4.53. The molecule has 2 N–H and O–H groups in total. The number of aromatic nitrogens is 2. The number of nitrogens with zero attached hydrogens (tertiary/aromatic N) is 3. The van der Waals surface area contributed by atoms with Gasteiger partial charge in [0.2, 0.25) is 0 Å². The van der Waals surface area contributed by atoms with Gasteiger partial charge in [-0.05, 0) is 43.7 Å². The van der Waals surface area contributed by atoms with Crippen LogP contribution in [0.25, 0.3) is 11.1 Å². The van der Waals surface area contributed by atoms with E-state index in [1.54, 1.807) is 37.0 Å². The lowest BCUT2D eigenvalue weighted by Crippen LogP contribution is -2.29. The lowest BCUT2D eigenvalue weighted by Gasteiger charge is -2.19. The smallest absolute Gasteiger partial charge is 0.407 e. The highest BCUT2D eigenvalue weighted by Crippen LogP contribution is 2.40. The summed E-state index contributed by atoms with van der Waals surface area (Å²) in [6, 6.07) is 3.17. The van der Waals surface area contributed by atoms with E-state index in [9.17, 15) is 13.6 Å². The maximum absolute atomic E-state index is 14.7. The van der Waals surface area contributed by atoms with Crippen molar-refractivity contribution in [1.82, 2.24) is 14.7 Å². The molecule has 0 bridgehead atoms. The Morgan fingerprint density at radius 1 is 1.19 bits per heavy atom. The molecule has 1 aromatic heterocycles. The van der Waals surface area contributed by atoms with E-state index in [2.05, 4.69) is 10.4 Å². The van der Waals surface area contributed by atoms with Crippen molar-refractivity contribution in [3.8, 4) is 11.1 Å². The van der Waals surface area contributed by atoms with Gasteiger partial charge >= 0.3 is 6.09 Å². The van der Waals surface area contributed by atoms with Crippen molar-refractivity contribution < 1.29 is 18.7 Å². The zero-order valence-corrected chi connectivity index (χ0v) is 15.2. The van der Waals surface area contributed by atoms with Gasteiger partial charge in [-0.1, -0.05) is 0 Å². The number of carboxylic acid groups (broad SMARTS) is 1. The minimum absolute atomic E-state index is 0.0239. The predicted molar refractivity (Wildman–Crippen MR) is 96.5 cm³/mol. The second-order valence-electron chi connectivity index (χ2n) is 7.61. The first-order chi connectivity index (χ1) is 12.8. The second kappa shape index (κ2) is 6.51. The van der Waals surface area contributed by atoms with Crippen LogP contribution in [0.4, 0.5) is 19.3 Å². The molecule has 144 valence electrons. The van der Waals surface area contributed by atoms with Gasteiger partial charge in [-0.15, -0.1) is 0 Å². The Labute approximate surface area is 155 Å². The summed E-state index contributed by atoms with van der Waals surface area (Å²) >= 11 is 0. The molecule has 4 rings (SSSR count). The summed E-state index contributed by atoms with van der Waals surface area (Å²) in [6.07, 6.45) is 2.31. The molecule has 3 atom stereocenters. The number of benzene rings is 1. The maximum Gasteiger partial charge on any atom is 0.407 e. The number of hydrogen-bond acceptors (Lipinski definition) is 3. The van der Waals surface area contributed by atoms with Crippen LogP contribution in [0, 0.1) is 30.4 Å². The standard InChI is InChI=1S/C19H22F2N4O2/c1-10-15(9-24(2)23-10)14-3-4-16(18(21)17(14)20)22-13-5-11-7-25(19(26)27)8-12(11)6-13/h3-4,9,11-13,22H,5-8H2,1-2H3,(H,26,27)/t11-,12+,13+. The number of amides is 1. The van der Waals surface area contributed by atoms with Crippen molar-refractivity contribution in [2.45, 2.75) is 25.8 Å². The fourth-order valence-corrected chi connectivity index (χ4v) is 4.53. The number of fused-ring (bicyclic) bond motifs is 1. The van der Waals surface area contributed by atoms with Gasteiger partial charge in [-0.3, -0.25) is 4.68 Å². The fraction of sp³-hybridized carbons (Fsp3) is 0.474. The number of anilines is 1. The molecule has 27 heavy (non-hydrogen) atoms. The summed E-state index contributed by atoms with van der Waals surface area (Å²) in [5, 5.41) is 16.4. The van der Waals surface area contributed by atoms with Crippen molar-refractivity contribution in [3.05, 3.63) is 35.7 Å². The minimum atomic E-state index is -0.889. The molecule has 0 radical (unpaired) electrons. The van der Waals surface area contributed by atoms with Crippen molar-refractivity contribution in [2.24, 2.45) is 18.9 Å². The van der Waals surface area contributed by atoms with E-state index in [0.29, 0.717) is 24.3 Å². The molecule has 1 amide bonds. The quantitative estimate of drug-likeness (QED) is 0.861. The molecule has 1 saturated carbocycles. The van der Waals surface area contributed by atoms with Gasteiger partial charge in [0.1, 0.15) is 0 Å². The molecule has 1 aliphatic carbocycles. The Morgan fingerprint density at radius 3 is 2.41 bits per heavy atom. The maximum atomic E-state index is 14.7. The zero-order valence-electron chi connectivity index (χ0n) is 15.2. The van der Waals surface area contributed by atoms with Gasteiger partial charge in [0.15, 0.2) is 11.6 Å². The highest BCUT2D eigenvalue weighted by atomic mass is 19.2. The number of nitrogens with one attached hydrogen (secondary N) is 1. The van der Waals surface area contributed by atoms with Crippen LogP contribution in [0.15, 0.2) is 18.3 Å². The minimum Gasteiger partial charge on any atom is -0.465 e. The molecule has 0 spiro atoms. The Balaban J connectivity index is 1.49. The Morgan fingerprint density at radius 2 is 1.85 bits per heavy atom. The molecule has 1 aliphatic heterocycles. The van der Waals surface area contributed by atoms with Crippen LogP contribution in [0.5, 0.6) is 0 Å². The van der Waals surface area contributed by atoms with Crippen LogP contribution in [-0.2, 0) is 7.05 Å². The first-order valence-corrected chi connectivity index (χ1v) is 9.06. The number of rotatable bonds is 3. The van der Waals surface area contributed by atoms with Crippen molar-refractivity contribution in [2.75, 3.05) is 18.4 Å². The Kier molecular flexibility index (Phi) is 4.28. The molecular formula is C19H22F2N4O2. The lowest BCUT2D eigenvalue weighted by atomic mass is 10.0. The molecular weight excluding hydrogens is 354 g/mol. The normalized spacial score (nSPS) is 24.3. The van der Waals surface area contributed by atoms with Crippen LogP contribution in [0.1, 0.15) is 18.5 Å². The first-order valence-electron chi connectivity index (χ1n) is 9.06. The highest BCUT2D eigenvalue weighted by molar-refractivity contribution is 5.69. The number of likely N-dealkylation sites (tertiary alicyclic amines) is 1. The number of hydrogen-bond donors (Lipinski definition) is 2. The van der Waals surface area contributed by atoms with Crippen LogP contribution >= 0.6 is 0 Å². The number of aryl methyl sites for hydroxylation is 2. The highest BCUT2D eigenvalue weighted by Gasteiger charge is 2.42. The van der Waals surface area contributed by atoms with E-state index in [1.165, 1.54) is 4.90 Å². The largest absolute Gasteiger partial charge is 0.465 e. The molecule has 1 saturated heterocycles. The molecule has 1 aromatic carbocycles. The van der Waals surface area contributed by atoms with E-state index in [4.69, 9.17) is 5.11 Å². The Hall–Kier alpha value is -2.64. The van der Waals surface area contributed by atoms with Crippen LogP contribution in [0.2, 0.25) is 0 Å². The second-order valence-corrected chi connectivity index (χ2v) is 7.61. The zero-order chi connectivity index (χ0) is 19.3. The average molecular weight is 376 g/mol. The van der Waals surface area contributed by atoms with Crippen LogP contribution in [0.3, 0.4) is 0 Å². The summed E-state index contributed by atoms with van der Waals surface area (Å²) < 4.78 is 30.9. The topological polar surface area (TPSA) is 70.4 Å². The summed E-state index contributed by atoms with van der Waals surface area (Å²) in [7, 11) is 1.74. The molecule has 2 aromatic rings. The molecule has 2 heterocycles. The van der Waals surface area contributed by atoms with Gasteiger partial charge in [0.25, 0.3) is 0 Å². The van der Waals surface area contributed by atoms with Crippen molar-refractivity contribution in [1.29, 1.82) is 0 Å². The van der Waals surface area contributed by atoms with E-state index in [-0.39, 0.29) is 29.1 Å². The number of carbonyl (C=O) groups is 1. The van der Waals surface area contributed by atoms with Gasteiger partial charge in [-0.25, -0.2) is 13.6 Å². The molecule has 6 nitrogen and oxygen atoms in total. The number of halogens is 2. The monoisotopic (exact) mass is 376 g/mol. The van der Waals surface area contributed by atoms with Gasteiger partial charge in [-0.2, -0.15) is 5.10 Å². The van der Waals surface area contributed by atoms with E-state index >= 15 is 0 Å².